The minimum Gasteiger partial charge on any atom is -0.384 e. The standard InChI is InChI=1S/C20H26FN3O2S/c1-2-9-23-19-15-17(24-12-4-10-22-11-13-24)7-8-20(19)27(25,26)18-6-3-5-16(21)14-18/h3,5-8,14-15,22-23H,2,4,9-13H2,1H3. The molecule has 27 heavy (non-hydrogen) atoms. The van der Waals surface area contributed by atoms with E-state index >= 15 is 0 Å². The maximum absolute atomic E-state index is 13.6. The van der Waals surface area contributed by atoms with Gasteiger partial charge in [0.1, 0.15) is 5.82 Å². The van der Waals surface area contributed by atoms with Crippen LogP contribution in [-0.2, 0) is 9.84 Å². The molecule has 1 aliphatic rings. The van der Waals surface area contributed by atoms with E-state index in [0.29, 0.717) is 12.2 Å². The van der Waals surface area contributed by atoms with Crippen LogP contribution in [0.5, 0.6) is 0 Å². The Balaban J connectivity index is 2.01. The van der Waals surface area contributed by atoms with E-state index in [0.717, 1.165) is 50.8 Å². The molecule has 2 N–H and O–H groups in total. The average molecular weight is 392 g/mol. The lowest BCUT2D eigenvalue weighted by Gasteiger charge is -2.24. The van der Waals surface area contributed by atoms with Crippen LogP contribution in [0, 0.1) is 5.82 Å². The molecular weight excluding hydrogens is 365 g/mol. The van der Waals surface area contributed by atoms with E-state index in [4.69, 9.17) is 0 Å². The van der Waals surface area contributed by atoms with Crippen molar-refractivity contribution in [2.45, 2.75) is 29.6 Å². The smallest absolute Gasteiger partial charge is 0.208 e. The van der Waals surface area contributed by atoms with Gasteiger partial charge in [0.2, 0.25) is 9.84 Å². The van der Waals surface area contributed by atoms with E-state index in [-0.39, 0.29) is 9.79 Å². The molecule has 0 radical (unpaired) electrons. The summed E-state index contributed by atoms with van der Waals surface area (Å²) >= 11 is 0. The van der Waals surface area contributed by atoms with Crippen molar-refractivity contribution in [3.05, 3.63) is 48.3 Å². The van der Waals surface area contributed by atoms with Crippen LogP contribution < -0.4 is 15.5 Å². The average Bonchev–Trinajstić information content (AvgIpc) is 2.95. The first-order valence-electron chi connectivity index (χ1n) is 9.36. The molecule has 146 valence electrons. The van der Waals surface area contributed by atoms with Crippen LogP contribution in [-0.4, -0.2) is 41.1 Å². The van der Waals surface area contributed by atoms with Crippen molar-refractivity contribution in [1.29, 1.82) is 0 Å². The van der Waals surface area contributed by atoms with E-state index in [1.807, 2.05) is 19.1 Å². The molecule has 0 bridgehead atoms. The molecule has 0 atom stereocenters. The molecule has 0 saturated carbocycles. The minimum absolute atomic E-state index is 0.0335. The molecule has 2 aromatic carbocycles. The molecule has 0 amide bonds. The van der Waals surface area contributed by atoms with Gasteiger partial charge in [-0.15, -0.1) is 0 Å². The molecule has 0 spiro atoms. The number of halogens is 1. The maximum atomic E-state index is 13.6. The number of nitrogens with one attached hydrogen (secondary N) is 2. The van der Waals surface area contributed by atoms with Crippen molar-refractivity contribution >= 4 is 21.2 Å². The van der Waals surface area contributed by atoms with Gasteiger partial charge in [0.25, 0.3) is 0 Å². The van der Waals surface area contributed by atoms with Crippen molar-refractivity contribution in [3.8, 4) is 0 Å². The third kappa shape index (κ3) is 4.59. The van der Waals surface area contributed by atoms with Crippen LogP contribution in [0.25, 0.3) is 0 Å². The number of hydrogen-bond donors (Lipinski definition) is 2. The van der Waals surface area contributed by atoms with Crippen LogP contribution in [0.3, 0.4) is 0 Å². The molecule has 0 aliphatic carbocycles. The second-order valence-electron chi connectivity index (χ2n) is 6.66. The van der Waals surface area contributed by atoms with Crippen LogP contribution in [0.4, 0.5) is 15.8 Å². The Morgan fingerprint density at radius 1 is 1.15 bits per heavy atom. The van der Waals surface area contributed by atoms with Gasteiger partial charge >= 0.3 is 0 Å². The summed E-state index contributed by atoms with van der Waals surface area (Å²) in [5.41, 5.74) is 1.56. The van der Waals surface area contributed by atoms with Gasteiger partial charge in [0.15, 0.2) is 0 Å². The number of anilines is 2. The van der Waals surface area contributed by atoms with Crippen LogP contribution in [0.2, 0.25) is 0 Å². The molecule has 1 saturated heterocycles. The summed E-state index contributed by atoms with van der Waals surface area (Å²) in [5.74, 6) is -0.562. The van der Waals surface area contributed by atoms with Gasteiger partial charge in [-0.25, -0.2) is 12.8 Å². The largest absolute Gasteiger partial charge is 0.384 e. The number of rotatable bonds is 6. The van der Waals surface area contributed by atoms with Crippen molar-refractivity contribution in [2.24, 2.45) is 0 Å². The van der Waals surface area contributed by atoms with Gasteiger partial charge in [-0.2, -0.15) is 0 Å². The van der Waals surface area contributed by atoms with Crippen LogP contribution >= 0.6 is 0 Å². The van der Waals surface area contributed by atoms with Crippen molar-refractivity contribution in [3.63, 3.8) is 0 Å². The lowest BCUT2D eigenvalue weighted by Crippen LogP contribution is -2.28. The first-order valence-corrected chi connectivity index (χ1v) is 10.8. The Hall–Kier alpha value is -2.12. The number of hydrogen-bond acceptors (Lipinski definition) is 5. The lowest BCUT2D eigenvalue weighted by molar-refractivity contribution is 0.591. The normalized spacial score (nSPS) is 15.4. The molecule has 1 heterocycles. The predicted molar refractivity (Wildman–Crippen MR) is 107 cm³/mol. The molecule has 5 nitrogen and oxygen atoms in total. The fraction of sp³-hybridized carbons (Fsp3) is 0.400. The Kier molecular flexibility index (Phi) is 6.34. The van der Waals surface area contributed by atoms with Gasteiger partial charge < -0.3 is 15.5 Å². The quantitative estimate of drug-likeness (QED) is 0.791. The number of benzene rings is 2. The highest BCUT2D eigenvalue weighted by molar-refractivity contribution is 7.91. The highest BCUT2D eigenvalue weighted by Gasteiger charge is 2.23. The summed E-state index contributed by atoms with van der Waals surface area (Å²) in [5, 5.41) is 6.60. The van der Waals surface area contributed by atoms with Crippen molar-refractivity contribution < 1.29 is 12.8 Å². The summed E-state index contributed by atoms with van der Waals surface area (Å²) in [6.07, 6.45) is 1.92. The summed E-state index contributed by atoms with van der Waals surface area (Å²) in [6, 6.07) is 10.5. The molecule has 2 aromatic rings. The predicted octanol–water partition coefficient (Wildman–Crippen LogP) is 3.28. The van der Waals surface area contributed by atoms with E-state index in [1.54, 1.807) is 6.07 Å². The number of nitrogens with zero attached hydrogens (tertiary/aromatic N) is 1. The summed E-state index contributed by atoms with van der Waals surface area (Å²) in [4.78, 5) is 2.41. The monoisotopic (exact) mass is 391 g/mol. The Labute approximate surface area is 160 Å². The molecule has 0 unspecified atom stereocenters. The minimum atomic E-state index is -3.81. The topological polar surface area (TPSA) is 61.4 Å². The SMILES string of the molecule is CCCNc1cc(N2CCCNCC2)ccc1S(=O)(=O)c1cccc(F)c1. The van der Waals surface area contributed by atoms with Gasteiger partial charge in [0.05, 0.1) is 15.5 Å². The van der Waals surface area contributed by atoms with Crippen molar-refractivity contribution in [1.82, 2.24) is 5.32 Å². The summed E-state index contributed by atoms with van der Waals surface area (Å²) in [7, 11) is -3.81. The van der Waals surface area contributed by atoms with Gasteiger partial charge in [0, 0.05) is 31.9 Å². The number of sulfone groups is 1. The van der Waals surface area contributed by atoms with E-state index in [1.165, 1.54) is 18.2 Å². The van der Waals surface area contributed by atoms with Gasteiger partial charge in [-0.3, -0.25) is 0 Å². The van der Waals surface area contributed by atoms with Crippen LogP contribution in [0.1, 0.15) is 19.8 Å². The summed E-state index contributed by atoms with van der Waals surface area (Å²) < 4.78 is 39.7. The van der Waals surface area contributed by atoms with Gasteiger partial charge in [-0.05, 0) is 55.8 Å². The summed E-state index contributed by atoms with van der Waals surface area (Å²) in [6.45, 7) is 6.39. The fourth-order valence-electron chi connectivity index (χ4n) is 3.21. The zero-order chi connectivity index (χ0) is 19.3. The second kappa shape index (κ2) is 8.71. The molecular formula is C20H26FN3O2S. The van der Waals surface area contributed by atoms with E-state index in [2.05, 4.69) is 15.5 Å². The Morgan fingerprint density at radius 3 is 2.78 bits per heavy atom. The molecule has 1 aliphatic heterocycles. The van der Waals surface area contributed by atoms with Crippen molar-refractivity contribution in [2.75, 3.05) is 42.9 Å². The highest BCUT2D eigenvalue weighted by Crippen LogP contribution is 2.32. The second-order valence-corrected chi connectivity index (χ2v) is 8.58. The Morgan fingerprint density at radius 2 is 2.00 bits per heavy atom. The third-order valence-corrected chi connectivity index (χ3v) is 6.44. The third-order valence-electron chi connectivity index (χ3n) is 4.63. The molecule has 0 aromatic heterocycles. The molecule has 7 heteroatoms. The van der Waals surface area contributed by atoms with E-state index in [9.17, 15) is 12.8 Å². The van der Waals surface area contributed by atoms with Gasteiger partial charge in [-0.1, -0.05) is 13.0 Å². The van der Waals surface area contributed by atoms with Crippen LogP contribution in [0.15, 0.2) is 52.3 Å². The lowest BCUT2D eigenvalue weighted by atomic mass is 10.2. The zero-order valence-corrected chi connectivity index (χ0v) is 16.4. The molecule has 3 rings (SSSR count). The first kappa shape index (κ1) is 19.6. The van der Waals surface area contributed by atoms with E-state index < -0.39 is 15.7 Å². The highest BCUT2D eigenvalue weighted by atomic mass is 32.2. The zero-order valence-electron chi connectivity index (χ0n) is 15.5. The maximum Gasteiger partial charge on any atom is 0.208 e. The fourth-order valence-corrected chi connectivity index (χ4v) is 4.66. The first-order chi connectivity index (χ1) is 13.0. The molecule has 1 fully saturated rings. The Bertz CT molecular complexity index is 879.